The zero-order valence-corrected chi connectivity index (χ0v) is 10.0. The molecule has 0 heterocycles. The number of amides is 2. The fourth-order valence-corrected chi connectivity index (χ4v) is 1.52. The predicted octanol–water partition coefficient (Wildman–Crippen LogP) is 1.45. The van der Waals surface area contributed by atoms with E-state index in [4.69, 9.17) is 5.84 Å². The Balaban J connectivity index is 2.73. The largest absolute Gasteiger partial charge is 0.336 e. The van der Waals surface area contributed by atoms with Crippen LogP contribution in [0.3, 0.4) is 0 Å². The number of hydrogen-bond acceptors (Lipinski definition) is 2. The van der Waals surface area contributed by atoms with Crippen LogP contribution in [0.1, 0.15) is 25.0 Å². The van der Waals surface area contributed by atoms with Gasteiger partial charge in [0.2, 0.25) is 0 Å². The molecule has 0 aliphatic carbocycles. The molecule has 0 aliphatic heterocycles. The molecule has 0 unspecified atom stereocenters. The minimum absolute atomic E-state index is 0.113. The normalized spacial score (nSPS) is 11.0. The Morgan fingerprint density at radius 1 is 1.44 bits per heavy atom. The van der Waals surface area contributed by atoms with E-state index in [0.29, 0.717) is 6.54 Å². The molecule has 0 aromatic heterocycles. The number of benzene rings is 1. The van der Waals surface area contributed by atoms with Crippen molar-refractivity contribution < 1.29 is 4.79 Å². The molecule has 88 valence electrons. The maximum Gasteiger partial charge on any atom is 0.328 e. The van der Waals surface area contributed by atoms with Crippen molar-refractivity contribution in [2.45, 2.75) is 26.2 Å². The molecule has 1 aromatic carbocycles. The fourth-order valence-electron chi connectivity index (χ4n) is 1.52. The van der Waals surface area contributed by atoms with Crippen molar-refractivity contribution in [1.82, 2.24) is 10.7 Å². The highest BCUT2D eigenvalue weighted by atomic mass is 16.2. The van der Waals surface area contributed by atoms with Gasteiger partial charge in [-0.3, -0.25) is 5.43 Å². The van der Waals surface area contributed by atoms with Crippen LogP contribution in [-0.4, -0.2) is 12.6 Å². The molecule has 0 bridgehead atoms. The van der Waals surface area contributed by atoms with E-state index in [1.165, 1.54) is 11.1 Å². The zero-order valence-electron chi connectivity index (χ0n) is 10.0. The number of rotatable bonds is 3. The van der Waals surface area contributed by atoms with Crippen LogP contribution >= 0.6 is 0 Å². The number of nitrogens with one attached hydrogen (secondary N) is 2. The number of hydrogen-bond donors (Lipinski definition) is 3. The first-order valence-corrected chi connectivity index (χ1v) is 5.27. The number of urea groups is 1. The van der Waals surface area contributed by atoms with Gasteiger partial charge >= 0.3 is 6.03 Å². The highest BCUT2D eigenvalue weighted by molar-refractivity contribution is 5.73. The van der Waals surface area contributed by atoms with Crippen LogP contribution < -0.4 is 16.6 Å². The van der Waals surface area contributed by atoms with E-state index < -0.39 is 0 Å². The van der Waals surface area contributed by atoms with Gasteiger partial charge in [0, 0.05) is 12.0 Å². The third-order valence-electron chi connectivity index (χ3n) is 2.62. The average Bonchev–Trinajstić information content (AvgIpc) is 2.26. The van der Waals surface area contributed by atoms with Crippen molar-refractivity contribution in [3.05, 3.63) is 35.4 Å². The van der Waals surface area contributed by atoms with Crippen molar-refractivity contribution in [3.8, 4) is 0 Å². The van der Waals surface area contributed by atoms with Gasteiger partial charge in [-0.1, -0.05) is 43.7 Å². The van der Waals surface area contributed by atoms with E-state index in [9.17, 15) is 4.79 Å². The summed E-state index contributed by atoms with van der Waals surface area (Å²) in [5.41, 5.74) is 4.35. The molecular formula is C12H19N3O. The summed E-state index contributed by atoms with van der Waals surface area (Å²) in [6.07, 6.45) is 0. The van der Waals surface area contributed by atoms with Crippen molar-refractivity contribution in [3.63, 3.8) is 0 Å². The summed E-state index contributed by atoms with van der Waals surface area (Å²) in [5.74, 6) is 5.00. The number of carbonyl (C=O) groups excluding carboxylic acids is 1. The van der Waals surface area contributed by atoms with E-state index >= 15 is 0 Å². The van der Waals surface area contributed by atoms with Crippen LogP contribution in [0.5, 0.6) is 0 Å². The van der Waals surface area contributed by atoms with Crippen LogP contribution in [-0.2, 0) is 5.41 Å². The second-order valence-electron chi connectivity index (χ2n) is 4.58. The molecule has 0 fully saturated rings. The van der Waals surface area contributed by atoms with E-state index in [0.717, 1.165) is 0 Å². The van der Waals surface area contributed by atoms with Crippen LogP contribution in [0.2, 0.25) is 0 Å². The van der Waals surface area contributed by atoms with Crippen LogP contribution in [0.15, 0.2) is 24.3 Å². The molecule has 0 spiro atoms. The van der Waals surface area contributed by atoms with Crippen molar-refractivity contribution >= 4 is 6.03 Å². The first-order valence-electron chi connectivity index (χ1n) is 5.27. The van der Waals surface area contributed by atoms with Crippen LogP contribution in [0.4, 0.5) is 4.79 Å². The molecule has 0 saturated heterocycles. The summed E-state index contributed by atoms with van der Waals surface area (Å²) >= 11 is 0. The Bertz CT molecular complexity index is 374. The summed E-state index contributed by atoms with van der Waals surface area (Å²) in [5, 5.41) is 2.72. The lowest BCUT2D eigenvalue weighted by Crippen LogP contribution is -2.44. The summed E-state index contributed by atoms with van der Waals surface area (Å²) in [6, 6.07) is 7.91. The Kier molecular flexibility index (Phi) is 3.90. The number of hydrazine groups is 1. The second kappa shape index (κ2) is 4.99. The topological polar surface area (TPSA) is 67.2 Å². The number of nitrogens with two attached hydrogens (primary N) is 1. The Labute approximate surface area is 96.2 Å². The zero-order chi connectivity index (χ0) is 12.2. The molecule has 0 radical (unpaired) electrons. The highest BCUT2D eigenvalue weighted by Crippen LogP contribution is 2.22. The molecule has 0 aliphatic rings. The van der Waals surface area contributed by atoms with Gasteiger partial charge in [-0.15, -0.1) is 0 Å². The van der Waals surface area contributed by atoms with E-state index in [2.05, 4.69) is 49.7 Å². The van der Waals surface area contributed by atoms with Gasteiger partial charge in [-0.05, 0) is 12.5 Å². The summed E-state index contributed by atoms with van der Waals surface area (Å²) in [4.78, 5) is 11.0. The molecule has 1 aromatic rings. The second-order valence-corrected chi connectivity index (χ2v) is 4.58. The van der Waals surface area contributed by atoms with Crippen molar-refractivity contribution in [2.75, 3.05) is 6.54 Å². The highest BCUT2D eigenvalue weighted by Gasteiger charge is 2.21. The molecule has 16 heavy (non-hydrogen) atoms. The minimum Gasteiger partial charge on any atom is -0.336 e. The first kappa shape index (κ1) is 12.5. The van der Waals surface area contributed by atoms with E-state index in [1.807, 2.05) is 6.07 Å². The number of aryl methyl sites for hydroxylation is 1. The summed E-state index contributed by atoms with van der Waals surface area (Å²) in [7, 11) is 0. The maximum atomic E-state index is 11.0. The molecule has 0 saturated carbocycles. The van der Waals surface area contributed by atoms with Gasteiger partial charge in [0.25, 0.3) is 0 Å². The van der Waals surface area contributed by atoms with Gasteiger partial charge in [0.1, 0.15) is 0 Å². The molecule has 1 rings (SSSR count). The molecule has 4 N–H and O–H groups in total. The Morgan fingerprint density at radius 3 is 2.69 bits per heavy atom. The molecule has 4 heteroatoms. The van der Waals surface area contributed by atoms with Gasteiger partial charge in [0.15, 0.2) is 0 Å². The molecule has 4 nitrogen and oxygen atoms in total. The maximum absolute atomic E-state index is 11.0. The Morgan fingerprint density at radius 2 is 2.12 bits per heavy atom. The molecule has 0 atom stereocenters. The average molecular weight is 221 g/mol. The summed E-state index contributed by atoms with van der Waals surface area (Å²) in [6.45, 7) is 6.76. The Hall–Kier alpha value is -1.55. The van der Waals surface area contributed by atoms with Crippen molar-refractivity contribution in [1.29, 1.82) is 0 Å². The fraction of sp³-hybridized carbons (Fsp3) is 0.417. The van der Waals surface area contributed by atoms with E-state index in [-0.39, 0.29) is 11.4 Å². The monoisotopic (exact) mass is 221 g/mol. The predicted molar refractivity (Wildman–Crippen MR) is 64.9 cm³/mol. The van der Waals surface area contributed by atoms with Crippen LogP contribution in [0.25, 0.3) is 0 Å². The summed E-state index contributed by atoms with van der Waals surface area (Å²) < 4.78 is 0. The van der Waals surface area contributed by atoms with E-state index in [1.54, 1.807) is 0 Å². The SMILES string of the molecule is Cc1cccc(C(C)(C)CNC(=O)NN)c1. The lowest BCUT2D eigenvalue weighted by atomic mass is 9.84. The first-order chi connectivity index (χ1) is 7.45. The smallest absolute Gasteiger partial charge is 0.328 e. The number of carbonyl (C=O) groups is 1. The minimum atomic E-state index is -0.360. The van der Waals surface area contributed by atoms with Crippen molar-refractivity contribution in [2.24, 2.45) is 5.84 Å². The van der Waals surface area contributed by atoms with Crippen LogP contribution in [0, 0.1) is 6.92 Å². The quantitative estimate of drug-likeness (QED) is 0.411. The molecule has 2 amide bonds. The lowest BCUT2D eigenvalue weighted by Gasteiger charge is -2.25. The van der Waals surface area contributed by atoms with Gasteiger partial charge in [0.05, 0.1) is 0 Å². The molecular weight excluding hydrogens is 202 g/mol. The third-order valence-corrected chi connectivity index (χ3v) is 2.62. The van der Waals surface area contributed by atoms with Gasteiger partial charge < -0.3 is 5.32 Å². The standard InChI is InChI=1S/C12H19N3O/c1-9-5-4-6-10(7-9)12(2,3)8-14-11(16)15-13/h4-7H,8,13H2,1-3H3,(H2,14,15,16). The van der Waals surface area contributed by atoms with Gasteiger partial charge in [-0.2, -0.15) is 0 Å². The third kappa shape index (κ3) is 3.24. The van der Waals surface area contributed by atoms with Gasteiger partial charge in [-0.25, -0.2) is 10.6 Å². The lowest BCUT2D eigenvalue weighted by molar-refractivity contribution is 0.238.